The number of allylic oxidation sites excluding steroid dienone is 1. The van der Waals surface area contributed by atoms with Crippen LogP contribution in [0.3, 0.4) is 0 Å². The maximum atomic E-state index is 12.4. The normalized spacial score (nSPS) is 10.6. The summed E-state index contributed by atoms with van der Waals surface area (Å²) < 4.78 is 10.6. The molecule has 0 saturated heterocycles. The highest BCUT2D eigenvalue weighted by Gasteiger charge is 2.11. The predicted molar refractivity (Wildman–Crippen MR) is 109 cm³/mol. The van der Waals surface area contributed by atoms with Gasteiger partial charge in [0.2, 0.25) is 0 Å². The van der Waals surface area contributed by atoms with Crippen LogP contribution in [0.15, 0.2) is 78.9 Å². The molecule has 28 heavy (non-hydrogen) atoms. The van der Waals surface area contributed by atoms with Crippen molar-refractivity contribution in [2.24, 2.45) is 0 Å². The van der Waals surface area contributed by atoms with Gasteiger partial charge in [0.1, 0.15) is 11.5 Å². The number of ketones is 1. The molecular formula is C23H17ClO4. The van der Waals surface area contributed by atoms with Crippen molar-refractivity contribution in [3.63, 3.8) is 0 Å². The van der Waals surface area contributed by atoms with Crippen LogP contribution in [0.2, 0.25) is 5.02 Å². The Labute approximate surface area is 168 Å². The number of carbonyl (C=O) groups excluding carboxylic acids is 2. The summed E-state index contributed by atoms with van der Waals surface area (Å²) in [6, 6.07) is 20.3. The standard InChI is InChI=1S/C23H17ClO4/c1-27-20-13-8-16(9-14-20)21(25)15-10-17-4-2-3-5-22(17)28-23(26)18-6-11-19(24)12-7-18/h2-15H,1H3/b15-10+. The lowest BCUT2D eigenvalue weighted by Crippen LogP contribution is -2.09. The van der Waals surface area contributed by atoms with Crippen LogP contribution in [0.4, 0.5) is 0 Å². The molecule has 0 spiro atoms. The molecule has 3 aromatic rings. The Balaban J connectivity index is 1.75. The fourth-order valence-corrected chi connectivity index (χ4v) is 2.60. The van der Waals surface area contributed by atoms with E-state index in [1.165, 1.54) is 6.08 Å². The molecule has 3 aromatic carbocycles. The van der Waals surface area contributed by atoms with Crippen LogP contribution < -0.4 is 9.47 Å². The van der Waals surface area contributed by atoms with Gasteiger partial charge in [0.15, 0.2) is 5.78 Å². The van der Waals surface area contributed by atoms with Crippen LogP contribution in [0, 0.1) is 0 Å². The van der Waals surface area contributed by atoms with Gasteiger partial charge in [-0.1, -0.05) is 29.8 Å². The van der Waals surface area contributed by atoms with Gasteiger partial charge in [0, 0.05) is 16.1 Å². The first kappa shape index (κ1) is 19.4. The van der Waals surface area contributed by atoms with Crippen molar-refractivity contribution in [2.75, 3.05) is 7.11 Å². The van der Waals surface area contributed by atoms with E-state index in [0.29, 0.717) is 33.2 Å². The Morgan fingerprint density at radius 1 is 0.857 bits per heavy atom. The molecule has 0 unspecified atom stereocenters. The minimum Gasteiger partial charge on any atom is -0.497 e. The number of ether oxygens (including phenoxy) is 2. The average Bonchev–Trinajstić information content (AvgIpc) is 2.73. The summed E-state index contributed by atoms with van der Waals surface area (Å²) in [5, 5.41) is 0.539. The van der Waals surface area contributed by atoms with Crippen molar-refractivity contribution < 1.29 is 19.1 Å². The Hall–Kier alpha value is -3.37. The maximum Gasteiger partial charge on any atom is 0.343 e. The number of para-hydroxylation sites is 1. The van der Waals surface area contributed by atoms with Gasteiger partial charge in [-0.3, -0.25) is 4.79 Å². The van der Waals surface area contributed by atoms with Crippen molar-refractivity contribution in [3.05, 3.63) is 101 Å². The molecule has 0 heterocycles. The summed E-state index contributed by atoms with van der Waals surface area (Å²) in [4.78, 5) is 24.7. The SMILES string of the molecule is COc1ccc(C(=O)/C=C/c2ccccc2OC(=O)c2ccc(Cl)cc2)cc1. The monoisotopic (exact) mass is 392 g/mol. The maximum absolute atomic E-state index is 12.4. The minimum absolute atomic E-state index is 0.165. The van der Waals surface area contributed by atoms with Crippen molar-refractivity contribution in [1.29, 1.82) is 0 Å². The molecule has 0 aliphatic carbocycles. The predicted octanol–water partition coefficient (Wildman–Crippen LogP) is 5.46. The molecule has 0 saturated carbocycles. The van der Waals surface area contributed by atoms with E-state index in [9.17, 15) is 9.59 Å². The summed E-state index contributed by atoms with van der Waals surface area (Å²) >= 11 is 5.84. The molecule has 0 fully saturated rings. The van der Waals surface area contributed by atoms with Crippen molar-refractivity contribution in [2.45, 2.75) is 0 Å². The van der Waals surface area contributed by atoms with Gasteiger partial charge in [-0.15, -0.1) is 0 Å². The van der Waals surface area contributed by atoms with Crippen LogP contribution >= 0.6 is 11.6 Å². The van der Waals surface area contributed by atoms with Gasteiger partial charge >= 0.3 is 5.97 Å². The highest BCUT2D eigenvalue weighted by atomic mass is 35.5. The molecule has 0 aliphatic heterocycles. The number of halogens is 1. The number of esters is 1. The molecule has 0 aromatic heterocycles. The van der Waals surface area contributed by atoms with Gasteiger partial charge in [-0.05, 0) is 66.7 Å². The fourth-order valence-electron chi connectivity index (χ4n) is 2.47. The molecule has 3 rings (SSSR count). The smallest absolute Gasteiger partial charge is 0.343 e. The number of hydrogen-bond acceptors (Lipinski definition) is 4. The summed E-state index contributed by atoms with van der Waals surface area (Å²) in [6.07, 6.45) is 3.06. The Morgan fingerprint density at radius 3 is 2.18 bits per heavy atom. The lowest BCUT2D eigenvalue weighted by Gasteiger charge is -2.07. The number of methoxy groups -OCH3 is 1. The first-order valence-corrected chi connectivity index (χ1v) is 8.88. The van der Waals surface area contributed by atoms with Crippen LogP contribution in [0.5, 0.6) is 11.5 Å². The van der Waals surface area contributed by atoms with Crippen molar-refractivity contribution in [3.8, 4) is 11.5 Å². The molecule has 0 amide bonds. The van der Waals surface area contributed by atoms with E-state index < -0.39 is 5.97 Å². The Kier molecular flexibility index (Phi) is 6.25. The third-order valence-electron chi connectivity index (χ3n) is 3.99. The molecule has 0 N–H and O–H groups in total. The zero-order valence-electron chi connectivity index (χ0n) is 15.1. The molecule has 0 aliphatic rings. The third kappa shape index (κ3) is 4.87. The molecule has 4 nitrogen and oxygen atoms in total. The number of carbonyl (C=O) groups is 2. The second kappa shape index (κ2) is 9.02. The van der Waals surface area contributed by atoms with Gasteiger partial charge < -0.3 is 9.47 Å². The van der Waals surface area contributed by atoms with Crippen LogP contribution in [0.1, 0.15) is 26.3 Å². The zero-order chi connectivity index (χ0) is 19.9. The van der Waals surface area contributed by atoms with Gasteiger partial charge in [-0.25, -0.2) is 4.79 Å². The number of hydrogen-bond donors (Lipinski definition) is 0. The van der Waals surface area contributed by atoms with Gasteiger partial charge in [0.25, 0.3) is 0 Å². The molecular weight excluding hydrogens is 376 g/mol. The number of rotatable bonds is 6. The minimum atomic E-state index is -0.501. The van der Waals surface area contributed by atoms with Gasteiger partial charge in [-0.2, -0.15) is 0 Å². The molecule has 0 atom stereocenters. The first-order chi connectivity index (χ1) is 13.6. The van der Waals surface area contributed by atoms with E-state index >= 15 is 0 Å². The summed E-state index contributed by atoms with van der Waals surface area (Å²) in [5.41, 5.74) is 1.54. The van der Waals surface area contributed by atoms with E-state index in [4.69, 9.17) is 21.1 Å². The van der Waals surface area contributed by atoms with Gasteiger partial charge in [0.05, 0.1) is 12.7 Å². The van der Waals surface area contributed by atoms with Crippen LogP contribution in [-0.2, 0) is 0 Å². The van der Waals surface area contributed by atoms with Crippen molar-refractivity contribution in [1.82, 2.24) is 0 Å². The van der Waals surface area contributed by atoms with E-state index in [-0.39, 0.29) is 5.78 Å². The zero-order valence-corrected chi connectivity index (χ0v) is 15.8. The van der Waals surface area contributed by atoms with E-state index in [1.54, 1.807) is 86.0 Å². The first-order valence-electron chi connectivity index (χ1n) is 8.50. The Bertz CT molecular complexity index is 1010. The highest BCUT2D eigenvalue weighted by Crippen LogP contribution is 2.22. The van der Waals surface area contributed by atoms with E-state index in [2.05, 4.69) is 0 Å². The molecule has 0 radical (unpaired) electrons. The number of benzene rings is 3. The molecule has 0 bridgehead atoms. The summed E-state index contributed by atoms with van der Waals surface area (Å²) in [7, 11) is 1.57. The lowest BCUT2D eigenvalue weighted by atomic mass is 10.1. The van der Waals surface area contributed by atoms with Crippen molar-refractivity contribution >= 4 is 29.4 Å². The third-order valence-corrected chi connectivity index (χ3v) is 4.24. The largest absolute Gasteiger partial charge is 0.497 e. The van der Waals surface area contributed by atoms with Crippen LogP contribution in [0.25, 0.3) is 6.08 Å². The fraction of sp³-hybridized carbons (Fsp3) is 0.0435. The Morgan fingerprint density at radius 2 is 1.50 bits per heavy atom. The summed E-state index contributed by atoms with van der Waals surface area (Å²) in [5.74, 6) is 0.377. The topological polar surface area (TPSA) is 52.6 Å². The van der Waals surface area contributed by atoms with E-state index in [0.717, 1.165) is 0 Å². The molecule has 5 heteroatoms. The second-order valence-corrected chi connectivity index (χ2v) is 6.30. The summed E-state index contributed by atoms with van der Waals surface area (Å²) in [6.45, 7) is 0. The van der Waals surface area contributed by atoms with Crippen LogP contribution in [-0.4, -0.2) is 18.9 Å². The molecule has 140 valence electrons. The second-order valence-electron chi connectivity index (χ2n) is 5.86. The average molecular weight is 393 g/mol. The lowest BCUT2D eigenvalue weighted by molar-refractivity contribution is 0.0734. The quantitative estimate of drug-likeness (QED) is 0.242. The highest BCUT2D eigenvalue weighted by molar-refractivity contribution is 6.30. The van der Waals surface area contributed by atoms with E-state index in [1.807, 2.05) is 0 Å².